The zero-order chi connectivity index (χ0) is 26.2. The van der Waals surface area contributed by atoms with Crippen LogP contribution >= 0.6 is 0 Å². The SMILES string of the molecule is CCCCCCCC1CCC(C(=O)Oc2ccc([C@@]3(C#N)C[C@@H]3CC[Si](C)(C)C(C)CC)cc2)CC1. The molecule has 2 saturated carbocycles. The van der Waals surface area contributed by atoms with Gasteiger partial charge in [-0.15, -0.1) is 0 Å². The van der Waals surface area contributed by atoms with Gasteiger partial charge in [0.2, 0.25) is 0 Å². The van der Waals surface area contributed by atoms with Crippen molar-refractivity contribution in [2.45, 2.75) is 134 Å². The molecule has 1 aromatic rings. The van der Waals surface area contributed by atoms with E-state index in [4.69, 9.17) is 4.74 Å². The number of esters is 1. The Kier molecular flexibility index (Phi) is 10.7. The van der Waals surface area contributed by atoms with Crippen LogP contribution in [0.1, 0.15) is 110 Å². The third-order valence-electron chi connectivity index (χ3n) is 9.87. The summed E-state index contributed by atoms with van der Waals surface area (Å²) in [6.07, 6.45) is 15.7. The summed E-state index contributed by atoms with van der Waals surface area (Å²) in [5, 5.41) is 10.0. The number of ether oxygens (including phenoxy) is 1. The monoisotopic (exact) mass is 509 g/mol. The summed E-state index contributed by atoms with van der Waals surface area (Å²) in [5.41, 5.74) is 1.58. The third-order valence-corrected chi connectivity index (χ3v) is 14.5. The van der Waals surface area contributed by atoms with E-state index in [1.165, 1.54) is 51.0 Å². The Bertz CT molecular complexity index is 865. The van der Waals surface area contributed by atoms with Crippen LogP contribution in [0.5, 0.6) is 5.75 Å². The van der Waals surface area contributed by atoms with Gasteiger partial charge >= 0.3 is 5.97 Å². The van der Waals surface area contributed by atoms with Gasteiger partial charge < -0.3 is 4.74 Å². The molecule has 1 unspecified atom stereocenters. The predicted octanol–water partition coefficient (Wildman–Crippen LogP) is 9.44. The van der Waals surface area contributed by atoms with Gasteiger partial charge in [0.25, 0.3) is 0 Å². The van der Waals surface area contributed by atoms with Crippen molar-refractivity contribution >= 4 is 14.0 Å². The minimum Gasteiger partial charge on any atom is -0.426 e. The van der Waals surface area contributed by atoms with Crippen LogP contribution in [-0.4, -0.2) is 14.0 Å². The van der Waals surface area contributed by atoms with E-state index < -0.39 is 8.07 Å². The summed E-state index contributed by atoms with van der Waals surface area (Å²) in [5.74, 6) is 1.85. The quantitative estimate of drug-likeness (QED) is 0.109. The summed E-state index contributed by atoms with van der Waals surface area (Å²) < 4.78 is 5.78. The summed E-state index contributed by atoms with van der Waals surface area (Å²) in [7, 11) is -1.23. The zero-order valence-electron chi connectivity index (χ0n) is 23.8. The zero-order valence-corrected chi connectivity index (χ0v) is 24.8. The van der Waals surface area contributed by atoms with Crippen molar-refractivity contribution in [2.75, 3.05) is 0 Å². The first-order valence-corrected chi connectivity index (χ1v) is 18.3. The van der Waals surface area contributed by atoms with Gasteiger partial charge in [-0.2, -0.15) is 5.26 Å². The molecule has 0 N–H and O–H groups in total. The Morgan fingerprint density at radius 2 is 1.72 bits per heavy atom. The predicted molar refractivity (Wildman–Crippen MR) is 153 cm³/mol. The molecular weight excluding hydrogens is 458 g/mol. The van der Waals surface area contributed by atoms with Crippen LogP contribution in [0, 0.1) is 29.1 Å². The van der Waals surface area contributed by atoms with Gasteiger partial charge in [0, 0.05) is 0 Å². The second-order valence-corrected chi connectivity index (χ2v) is 18.1. The number of benzene rings is 1. The summed E-state index contributed by atoms with van der Waals surface area (Å²) in [4.78, 5) is 12.8. The number of rotatable bonds is 14. The maximum absolute atomic E-state index is 12.8. The molecule has 0 bridgehead atoms. The van der Waals surface area contributed by atoms with Crippen molar-refractivity contribution in [1.29, 1.82) is 5.26 Å². The topological polar surface area (TPSA) is 50.1 Å². The van der Waals surface area contributed by atoms with Crippen molar-refractivity contribution in [1.82, 2.24) is 0 Å². The second-order valence-electron chi connectivity index (χ2n) is 12.7. The molecular formula is C32H51NO2Si. The van der Waals surface area contributed by atoms with Gasteiger partial charge in [0.1, 0.15) is 5.75 Å². The van der Waals surface area contributed by atoms with Gasteiger partial charge in [0.15, 0.2) is 0 Å². The number of hydrogen-bond donors (Lipinski definition) is 0. The van der Waals surface area contributed by atoms with Crippen LogP contribution in [-0.2, 0) is 10.2 Å². The smallest absolute Gasteiger partial charge is 0.314 e. The van der Waals surface area contributed by atoms with Gasteiger partial charge in [-0.25, -0.2) is 0 Å². The number of hydrogen-bond acceptors (Lipinski definition) is 3. The minimum atomic E-state index is -1.23. The van der Waals surface area contributed by atoms with Crippen LogP contribution in [0.4, 0.5) is 0 Å². The Morgan fingerprint density at radius 1 is 1.06 bits per heavy atom. The highest BCUT2D eigenvalue weighted by Crippen LogP contribution is 2.57. The lowest BCUT2D eigenvalue weighted by atomic mass is 9.80. The molecule has 0 spiro atoms. The van der Waals surface area contributed by atoms with Crippen LogP contribution in [0.15, 0.2) is 24.3 Å². The molecule has 2 aliphatic rings. The second kappa shape index (κ2) is 13.3. The highest BCUT2D eigenvalue weighted by atomic mass is 28.3. The van der Waals surface area contributed by atoms with Crippen LogP contribution in [0.3, 0.4) is 0 Å². The Morgan fingerprint density at radius 3 is 2.33 bits per heavy atom. The largest absolute Gasteiger partial charge is 0.426 e. The number of nitriles is 1. The average molecular weight is 510 g/mol. The lowest BCUT2D eigenvalue weighted by Crippen LogP contribution is -2.30. The molecule has 3 rings (SSSR count). The van der Waals surface area contributed by atoms with Gasteiger partial charge in [-0.1, -0.05) is 103 Å². The van der Waals surface area contributed by atoms with Crippen molar-refractivity contribution in [3.63, 3.8) is 0 Å². The standard InChI is InChI=1S/C32H51NO2Si/c1-6-8-9-10-11-12-26-13-15-27(16-14-26)31(34)35-30-19-17-28(18-20-30)32(24-33)23-29(32)21-22-36(4,5)25(3)7-2/h17-20,25-27,29H,6-16,21-23H2,1-5H3/t25?,26?,27?,29-,32-/m0/s1. The lowest BCUT2D eigenvalue weighted by molar-refractivity contribution is -0.140. The molecule has 36 heavy (non-hydrogen) atoms. The number of nitrogens with zero attached hydrogens (tertiary/aromatic N) is 1. The maximum Gasteiger partial charge on any atom is 0.314 e. The number of unbranched alkanes of at least 4 members (excludes halogenated alkanes) is 4. The molecule has 0 saturated heterocycles. The Labute approximate surface area is 222 Å². The molecule has 2 aliphatic carbocycles. The van der Waals surface area contributed by atoms with E-state index >= 15 is 0 Å². The first-order valence-electron chi connectivity index (χ1n) is 15.0. The highest BCUT2D eigenvalue weighted by Gasteiger charge is 2.56. The molecule has 200 valence electrons. The van der Waals surface area contributed by atoms with Crippen molar-refractivity contribution in [2.24, 2.45) is 17.8 Å². The van der Waals surface area contributed by atoms with Crippen LogP contribution in [0.2, 0.25) is 24.7 Å². The van der Waals surface area contributed by atoms with E-state index in [9.17, 15) is 10.1 Å². The normalized spacial score (nSPS) is 26.7. The summed E-state index contributed by atoms with van der Waals surface area (Å²) in [6, 6.07) is 11.8. The first kappa shape index (κ1) is 29.0. The van der Waals surface area contributed by atoms with Crippen molar-refractivity contribution in [3.8, 4) is 11.8 Å². The molecule has 0 radical (unpaired) electrons. The van der Waals surface area contributed by atoms with E-state index in [1.807, 2.05) is 24.3 Å². The number of carbonyl (C=O) groups excluding carboxylic acids is 1. The highest BCUT2D eigenvalue weighted by molar-refractivity contribution is 6.78. The fourth-order valence-corrected chi connectivity index (χ4v) is 9.01. The maximum atomic E-state index is 12.8. The minimum absolute atomic E-state index is 0.0392. The average Bonchev–Trinajstić information content (AvgIpc) is 3.62. The molecule has 3 atom stereocenters. The molecule has 1 aromatic carbocycles. The van der Waals surface area contributed by atoms with E-state index in [0.29, 0.717) is 11.7 Å². The molecule has 2 fully saturated rings. The van der Waals surface area contributed by atoms with Gasteiger partial charge in [-0.3, -0.25) is 4.79 Å². The molecule has 4 heteroatoms. The lowest BCUT2D eigenvalue weighted by Gasteiger charge is -2.29. The van der Waals surface area contributed by atoms with Crippen LogP contribution < -0.4 is 4.74 Å². The number of carbonyl (C=O) groups is 1. The fourth-order valence-electron chi connectivity index (χ4n) is 6.32. The summed E-state index contributed by atoms with van der Waals surface area (Å²) >= 11 is 0. The first-order chi connectivity index (χ1) is 17.3. The van der Waals surface area contributed by atoms with Gasteiger partial charge in [-0.05, 0) is 67.2 Å². The molecule has 0 aromatic heterocycles. The fraction of sp³-hybridized carbons (Fsp3) is 0.750. The Hall–Kier alpha value is -1.60. The summed E-state index contributed by atoms with van der Waals surface area (Å²) in [6.45, 7) is 12.0. The van der Waals surface area contributed by atoms with Crippen molar-refractivity contribution in [3.05, 3.63) is 29.8 Å². The molecule has 0 heterocycles. The molecule has 3 nitrogen and oxygen atoms in total. The Balaban J connectivity index is 1.44. The van der Waals surface area contributed by atoms with E-state index in [0.717, 1.165) is 55.5 Å². The van der Waals surface area contributed by atoms with Gasteiger partial charge in [0.05, 0.1) is 25.5 Å². The van der Waals surface area contributed by atoms with Crippen molar-refractivity contribution < 1.29 is 9.53 Å². The molecule has 0 amide bonds. The van der Waals surface area contributed by atoms with E-state index in [-0.39, 0.29) is 17.3 Å². The van der Waals surface area contributed by atoms with E-state index in [2.05, 4.69) is 39.9 Å². The molecule has 0 aliphatic heterocycles. The third kappa shape index (κ3) is 7.47. The van der Waals surface area contributed by atoms with E-state index in [1.54, 1.807) is 0 Å². The van der Waals surface area contributed by atoms with Crippen LogP contribution in [0.25, 0.3) is 0 Å².